The SMILES string of the molecule is NCC(NC(=O)/C=C/c1ccccc1)C(=O)NO. The summed E-state index contributed by atoms with van der Waals surface area (Å²) in [7, 11) is 0. The molecule has 96 valence electrons. The average Bonchev–Trinajstić information content (AvgIpc) is 2.42. The van der Waals surface area contributed by atoms with Gasteiger partial charge in [-0.15, -0.1) is 0 Å². The standard InChI is InChI=1S/C12H15N3O3/c13-8-10(12(17)15-18)14-11(16)7-6-9-4-2-1-3-5-9/h1-7,10,18H,8,13H2,(H,14,16)(H,15,17)/b7-6+. The summed E-state index contributed by atoms with van der Waals surface area (Å²) in [6, 6.07) is 8.28. The molecule has 6 nitrogen and oxygen atoms in total. The number of hydrogen-bond donors (Lipinski definition) is 4. The van der Waals surface area contributed by atoms with E-state index in [9.17, 15) is 9.59 Å². The van der Waals surface area contributed by atoms with E-state index >= 15 is 0 Å². The molecule has 0 saturated carbocycles. The van der Waals surface area contributed by atoms with E-state index in [2.05, 4.69) is 5.32 Å². The highest BCUT2D eigenvalue weighted by atomic mass is 16.5. The van der Waals surface area contributed by atoms with E-state index in [4.69, 9.17) is 10.9 Å². The molecule has 5 N–H and O–H groups in total. The summed E-state index contributed by atoms with van der Waals surface area (Å²) in [5.74, 6) is -1.21. The molecule has 0 spiro atoms. The Labute approximate surface area is 104 Å². The molecule has 1 unspecified atom stereocenters. The third-order valence-corrected chi connectivity index (χ3v) is 2.21. The number of hydroxylamine groups is 1. The van der Waals surface area contributed by atoms with Crippen LogP contribution in [0, 0.1) is 0 Å². The maximum Gasteiger partial charge on any atom is 0.267 e. The number of nitrogens with two attached hydrogens (primary N) is 1. The van der Waals surface area contributed by atoms with Crippen LogP contribution < -0.4 is 16.5 Å². The van der Waals surface area contributed by atoms with Crippen molar-refractivity contribution in [3.63, 3.8) is 0 Å². The second kappa shape index (κ2) is 7.21. The Morgan fingerprint density at radius 1 is 1.33 bits per heavy atom. The number of rotatable bonds is 5. The lowest BCUT2D eigenvalue weighted by atomic mass is 10.2. The van der Waals surface area contributed by atoms with Gasteiger partial charge in [0.1, 0.15) is 6.04 Å². The zero-order valence-electron chi connectivity index (χ0n) is 9.67. The van der Waals surface area contributed by atoms with Crippen LogP contribution >= 0.6 is 0 Å². The minimum absolute atomic E-state index is 0.0999. The van der Waals surface area contributed by atoms with Gasteiger partial charge in [0.05, 0.1) is 0 Å². The van der Waals surface area contributed by atoms with Gasteiger partial charge in [-0.2, -0.15) is 0 Å². The van der Waals surface area contributed by atoms with Crippen molar-refractivity contribution in [2.45, 2.75) is 6.04 Å². The average molecular weight is 249 g/mol. The van der Waals surface area contributed by atoms with Gasteiger partial charge >= 0.3 is 0 Å². The molecule has 0 aliphatic heterocycles. The van der Waals surface area contributed by atoms with Crippen molar-refractivity contribution < 1.29 is 14.8 Å². The first kappa shape index (κ1) is 13.9. The highest BCUT2D eigenvalue weighted by Gasteiger charge is 2.16. The maximum atomic E-state index is 11.5. The molecule has 0 aromatic heterocycles. The number of carbonyl (C=O) groups excluding carboxylic acids is 2. The molecule has 18 heavy (non-hydrogen) atoms. The molecule has 0 heterocycles. The van der Waals surface area contributed by atoms with Crippen LogP contribution in [0.25, 0.3) is 6.08 Å². The summed E-state index contributed by atoms with van der Waals surface area (Å²) < 4.78 is 0. The molecule has 0 saturated heterocycles. The van der Waals surface area contributed by atoms with Crippen molar-refractivity contribution in [2.75, 3.05) is 6.54 Å². The molecule has 0 aliphatic carbocycles. The van der Waals surface area contributed by atoms with Gasteiger partial charge in [-0.05, 0) is 11.6 Å². The first-order valence-corrected chi connectivity index (χ1v) is 5.35. The topological polar surface area (TPSA) is 104 Å². The van der Waals surface area contributed by atoms with Crippen molar-refractivity contribution in [3.8, 4) is 0 Å². The van der Waals surface area contributed by atoms with E-state index in [-0.39, 0.29) is 6.54 Å². The normalized spacial score (nSPS) is 12.1. The van der Waals surface area contributed by atoms with Crippen LogP contribution in [0.5, 0.6) is 0 Å². The molecule has 0 radical (unpaired) electrons. The van der Waals surface area contributed by atoms with Crippen LogP contribution in [0.4, 0.5) is 0 Å². The van der Waals surface area contributed by atoms with Gasteiger partial charge in [0.15, 0.2) is 0 Å². The lowest BCUT2D eigenvalue weighted by Crippen LogP contribution is -2.49. The van der Waals surface area contributed by atoms with E-state index < -0.39 is 17.9 Å². The van der Waals surface area contributed by atoms with Crippen LogP contribution in [-0.2, 0) is 9.59 Å². The van der Waals surface area contributed by atoms with E-state index in [0.29, 0.717) is 0 Å². The minimum atomic E-state index is -0.956. The fourth-order valence-electron chi connectivity index (χ4n) is 1.27. The number of carbonyl (C=O) groups is 2. The highest BCUT2D eigenvalue weighted by Crippen LogP contribution is 2.00. The van der Waals surface area contributed by atoms with Gasteiger partial charge in [-0.3, -0.25) is 14.8 Å². The van der Waals surface area contributed by atoms with Gasteiger partial charge in [-0.25, -0.2) is 5.48 Å². The second-order valence-electron chi connectivity index (χ2n) is 3.52. The lowest BCUT2D eigenvalue weighted by molar-refractivity contribution is -0.133. The largest absolute Gasteiger partial charge is 0.339 e. The maximum absolute atomic E-state index is 11.5. The zero-order chi connectivity index (χ0) is 13.4. The van der Waals surface area contributed by atoms with Crippen molar-refractivity contribution in [2.24, 2.45) is 5.73 Å². The Morgan fingerprint density at radius 3 is 2.56 bits per heavy atom. The Hall–Kier alpha value is -2.18. The van der Waals surface area contributed by atoms with Crippen LogP contribution in [0.3, 0.4) is 0 Å². The van der Waals surface area contributed by atoms with Crippen molar-refractivity contribution in [3.05, 3.63) is 42.0 Å². The Morgan fingerprint density at radius 2 is 2.00 bits per heavy atom. The summed E-state index contributed by atoms with van der Waals surface area (Å²) in [6.07, 6.45) is 2.91. The van der Waals surface area contributed by atoms with Gasteiger partial charge in [0.2, 0.25) is 5.91 Å². The zero-order valence-corrected chi connectivity index (χ0v) is 9.67. The molecule has 1 atom stereocenters. The summed E-state index contributed by atoms with van der Waals surface area (Å²) in [5.41, 5.74) is 7.60. The Balaban J connectivity index is 2.56. The predicted molar refractivity (Wildman–Crippen MR) is 66.4 cm³/mol. The van der Waals surface area contributed by atoms with Gasteiger partial charge in [-0.1, -0.05) is 30.3 Å². The van der Waals surface area contributed by atoms with E-state index in [1.54, 1.807) is 6.08 Å². The molecule has 1 aromatic rings. The summed E-state index contributed by atoms with van der Waals surface area (Å²) in [6.45, 7) is -0.0999. The molecular weight excluding hydrogens is 234 g/mol. The molecule has 0 fully saturated rings. The molecule has 0 bridgehead atoms. The van der Waals surface area contributed by atoms with E-state index in [0.717, 1.165) is 5.56 Å². The summed E-state index contributed by atoms with van der Waals surface area (Å²) in [4.78, 5) is 22.6. The number of benzene rings is 1. The number of nitrogens with one attached hydrogen (secondary N) is 2. The molecule has 2 amide bonds. The van der Waals surface area contributed by atoms with Crippen LogP contribution in [0.15, 0.2) is 36.4 Å². The van der Waals surface area contributed by atoms with Crippen molar-refractivity contribution in [1.82, 2.24) is 10.8 Å². The molecule has 6 heteroatoms. The van der Waals surface area contributed by atoms with Crippen LogP contribution in [0.2, 0.25) is 0 Å². The van der Waals surface area contributed by atoms with Gasteiger partial charge in [0.25, 0.3) is 5.91 Å². The van der Waals surface area contributed by atoms with E-state index in [1.165, 1.54) is 11.6 Å². The van der Waals surface area contributed by atoms with Crippen molar-refractivity contribution >= 4 is 17.9 Å². The Kier molecular flexibility index (Phi) is 5.56. The third kappa shape index (κ3) is 4.36. The molecule has 0 aliphatic rings. The van der Waals surface area contributed by atoms with Crippen molar-refractivity contribution in [1.29, 1.82) is 0 Å². The minimum Gasteiger partial charge on any atom is -0.339 e. The fourth-order valence-corrected chi connectivity index (χ4v) is 1.27. The quantitative estimate of drug-likeness (QED) is 0.325. The monoisotopic (exact) mass is 249 g/mol. The van der Waals surface area contributed by atoms with Gasteiger partial charge < -0.3 is 11.1 Å². The highest BCUT2D eigenvalue weighted by molar-refractivity contribution is 5.95. The number of hydrogen-bond acceptors (Lipinski definition) is 4. The summed E-state index contributed by atoms with van der Waals surface area (Å²) >= 11 is 0. The lowest BCUT2D eigenvalue weighted by Gasteiger charge is -2.12. The fraction of sp³-hybridized carbons (Fsp3) is 0.167. The third-order valence-electron chi connectivity index (χ3n) is 2.21. The molecular formula is C12H15N3O3. The molecule has 1 rings (SSSR count). The summed E-state index contributed by atoms with van der Waals surface area (Å²) in [5, 5.41) is 10.8. The smallest absolute Gasteiger partial charge is 0.267 e. The van der Waals surface area contributed by atoms with Crippen LogP contribution in [0.1, 0.15) is 5.56 Å². The Bertz CT molecular complexity index is 431. The van der Waals surface area contributed by atoms with Gasteiger partial charge in [0, 0.05) is 12.6 Å². The van der Waals surface area contributed by atoms with Crippen LogP contribution in [-0.4, -0.2) is 29.6 Å². The number of amides is 2. The first-order chi connectivity index (χ1) is 8.67. The predicted octanol–water partition coefficient (Wildman–Crippen LogP) is -0.351. The first-order valence-electron chi connectivity index (χ1n) is 5.35. The second-order valence-corrected chi connectivity index (χ2v) is 3.52. The molecule has 1 aromatic carbocycles. The van der Waals surface area contributed by atoms with E-state index in [1.807, 2.05) is 30.3 Å².